The third kappa shape index (κ3) is 3.28. The Morgan fingerprint density at radius 3 is 3.18 bits per heavy atom. The fraction of sp³-hybridized carbons (Fsp3) is 0.636. The van der Waals surface area contributed by atoms with Crippen LogP contribution in [0.4, 0.5) is 5.95 Å². The molecule has 2 heterocycles. The van der Waals surface area contributed by atoms with Crippen molar-refractivity contribution in [1.82, 2.24) is 15.3 Å². The van der Waals surface area contributed by atoms with E-state index in [-0.39, 0.29) is 5.56 Å². The number of anilines is 1. The van der Waals surface area contributed by atoms with Crippen LogP contribution in [-0.4, -0.2) is 43.3 Å². The predicted molar refractivity (Wildman–Crippen MR) is 65.3 cm³/mol. The molecular formula is C11H18N4O2. The van der Waals surface area contributed by atoms with E-state index in [1.165, 1.54) is 6.07 Å². The second-order valence-electron chi connectivity index (χ2n) is 4.08. The quantitative estimate of drug-likeness (QED) is 0.757. The first-order chi connectivity index (χ1) is 8.29. The first-order valence-corrected chi connectivity index (χ1v) is 5.84. The van der Waals surface area contributed by atoms with Crippen LogP contribution in [0.15, 0.2) is 10.9 Å². The number of nitrogens with zero attached hydrogens (tertiary/aromatic N) is 2. The highest BCUT2D eigenvalue weighted by Crippen LogP contribution is 2.07. The molecular weight excluding hydrogens is 220 g/mol. The zero-order valence-corrected chi connectivity index (χ0v) is 10.0. The first kappa shape index (κ1) is 12.1. The zero-order chi connectivity index (χ0) is 12.1. The second-order valence-corrected chi connectivity index (χ2v) is 4.08. The van der Waals surface area contributed by atoms with Crippen molar-refractivity contribution in [3.8, 4) is 0 Å². The Morgan fingerprint density at radius 2 is 2.35 bits per heavy atom. The van der Waals surface area contributed by atoms with Gasteiger partial charge in [0, 0.05) is 32.8 Å². The second kappa shape index (κ2) is 5.79. The number of rotatable bonds is 3. The molecule has 1 aromatic heterocycles. The van der Waals surface area contributed by atoms with Crippen LogP contribution in [0.2, 0.25) is 0 Å². The van der Waals surface area contributed by atoms with Crippen molar-refractivity contribution in [3.05, 3.63) is 22.1 Å². The Balaban J connectivity index is 2.20. The van der Waals surface area contributed by atoms with Gasteiger partial charge in [0.1, 0.15) is 0 Å². The van der Waals surface area contributed by atoms with Gasteiger partial charge < -0.3 is 15.0 Å². The lowest BCUT2D eigenvalue weighted by atomic mass is 10.4. The number of hydrogen-bond acceptors (Lipinski definition) is 5. The molecule has 1 aliphatic heterocycles. The molecule has 0 unspecified atom stereocenters. The summed E-state index contributed by atoms with van der Waals surface area (Å²) in [6, 6.07) is 1.48. The number of hydrogen-bond donors (Lipinski definition) is 2. The molecule has 17 heavy (non-hydrogen) atoms. The summed E-state index contributed by atoms with van der Waals surface area (Å²) in [6.07, 6.45) is 1.05. The minimum atomic E-state index is -0.126. The summed E-state index contributed by atoms with van der Waals surface area (Å²) >= 11 is 0. The van der Waals surface area contributed by atoms with Gasteiger partial charge in [-0.25, -0.2) is 4.98 Å². The fourth-order valence-corrected chi connectivity index (χ4v) is 1.92. The number of aromatic amines is 1. The van der Waals surface area contributed by atoms with Crippen LogP contribution >= 0.6 is 0 Å². The van der Waals surface area contributed by atoms with Crippen LogP contribution in [0.5, 0.6) is 0 Å². The summed E-state index contributed by atoms with van der Waals surface area (Å²) in [5, 5.41) is 3.32. The van der Waals surface area contributed by atoms with E-state index in [1.54, 1.807) is 7.11 Å². The van der Waals surface area contributed by atoms with Crippen molar-refractivity contribution in [2.75, 3.05) is 38.2 Å². The van der Waals surface area contributed by atoms with Crippen LogP contribution in [0.3, 0.4) is 0 Å². The highest BCUT2D eigenvalue weighted by atomic mass is 16.5. The fourth-order valence-electron chi connectivity index (χ4n) is 1.92. The molecule has 0 radical (unpaired) electrons. The normalized spacial score (nSPS) is 16.9. The molecule has 6 nitrogen and oxygen atoms in total. The monoisotopic (exact) mass is 238 g/mol. The Hall–Kier alpha value is -1.40. The summed E-state index contributed by atoms with van der Waals surface area (Å²) in [7, 11) is 1.60. The smallest absolute Gasteiger partial charge is 0.252 e. The van der Waals surface area contributed by atoms with Crippen molar-refractivity contribution in [3.63, 3.8) is 0 Å². The lowest BCUT2D eigenvalue weighted by Crippen LogP contribution is -2.31. The third-order valence-corrected chi connectivity index (χ3v) is 2.71. The predicted octanol–water partition coefficient (Wildman–Crippen LogP) is -0.284. The van der Waals surface area contributed by atoms with Crippen molar-refractivity contribution in [2.24, 2.45) is 0 Å². The van der Waals surface area contributed by atoms with Gasteiger partial charge in [-0.1, -0.05) is 0 Å². The molecule has 0 aliphatic carbocycles. The van der Waals surface area contributed by atoms with Gasteiger partial charge in [0.05, 0.1) is 12.3 Å². The Labute approximate surface area is 100 Å². The summed E-state index contributed by atoms with van der Waals surface area (Å²) < 4.78 is 5.00. The average molecular weight is 238 g/mol. The van der Waals surface area contributed by atoms with Gasteiger partial charge in [0.15, 0.2) is 0 Å². The molecule has 0 saturated carbocycles. The molecule has 6 heteroatoms. The van der Waals surface area contributed by atoms with Crippen LogP contribution in [0, 0.1) is 0 Å². The van der Waals surface area contributed by atoms with E-state index < -0.39 is 0 Å². The average Bonchev–Trinajstić information content (AvgIpc) is 2.57. The van der Waals surface area contributed by atoms with Crippen molar-refractivity contribution >= 4 is 5.95 Å². The Morgan fingerprint density at radius 1 is 1.47 bits per heavy atom. The molecule has 0 spiro atoms. The first-order valence-electron chi connectivity index (χ1n) is 5.84. The van der Waals surface area contributed by atoms with Gasteiger partial charge in [0.2, 0.25) is 5.95 Å². The van der Waals surface area contributed by atoms with Crippen molar-refractivity contribution in [2.45, 2.75) is 13.0 Å². The standard InChI is InChI=1S/C11H18N4O2/c1-17-8-9-7-10(16)14-11(13-9)15-5-2-3-12-4-6-15/h7,12H,2-6,8H2,1H3,(H,13,14,16). The van der Waals surface area contributed by atoms with Gasteiger partial charge in [-0.15, -0.1) is 0 Å². The van der Waals surface area contributed by atoms with Crippen LogP contribution in [-0.2, 0) is 11.3 Å². The maximum absolute atomic E-state index is 11.5. The maximum Gasteiger partial charge on any atom is 0.252 e. The number of aromatic nitrogens is 2. The maximum atomic E-state index is 11.5. The van der Waals surface area contributed by atoms with Gasteiger partial charge >= 0.3 is 0 Å². The molecule has 1 aliphatic rings. The van der Waals surface area contributed by atoms with Gasteiger partial charge in [0.25, 0.3) is 5.56 Å². The highest BCUT2D eigenvalue weighted by molar-refractivity contribution is 5.30. The van der Waals surface area contributed by atoms with E-state index in [0.717, 1.165) is 32.6 Å². The van der Waals surface area contributed by atoms with E-state index in [0.29, 0.717) is 18.2 Å². The minimum Gasteiger partial charge on any atom is -0.378 e. The molecule has 94 valence electrons. The zero-order valence-electron chi connectivity index (χ0n) is 10.0. The molecule has 1 aromatic rings. The number of H-pyrrole nitrogens is 1. The molecule has 2 rings (SSSR count). The Bertz CT molecular complexity index is 410. The van der Waals surface area contributed by atoms with E-state index in [9.17, 15) is 4.79 Å². The molecule has 0 aromatic carbocycles. The molecule has 2 N–H and O–H groups in total. The summed E-state index contributed by atoms with van der Waals surface area (Å²) in [4.78, 5) is 20.8. The largest absolute Gasteiger partial charge is 0.378 e. The van der Waals surface area contributed by atoms with Gasteiger partial charge in [-0.3, -0.25) is 9.78 Å². The van der Waals surface area contributed by atoms with Crippen LogP contribution < -0.4 is 15.8 Å². The minimum absolute atomic E-state index is 0.126. The number of methoxy groups -OCH3 is 1. The van der Waals surface area contributed by atoms with Gasteiger partial charge in [-0.05, 0) is 13.0 Å². The highest BCUT2D eigenvalue weighted by Gasteiger charge is 2.12. The molecule has 1 saturated heterocycles. The molecule has 0 atom stereocenters. The summed E-state index contributed by atoms with van der Waals surface area (Å²) in [5.74, 6) is 0.647. The summed E-state index contributed by atoms with van der Waals surface area (Å²) in [6.45, 7) is 4.06. The topological polar surface area (TPSA) is 70.2 Å². The van der Waals surface area contributed by atoms with Crippen LogP contribution in [0.25, 0.3) is 0 Å². The Kier molecular flexibility index (Phi) is 4.11. The molecule has 0 amide bonds. The lowest BCUT2D eigenvalue weighted by Gasteiger charge is -2.20. The lowest BCUT2D eigenvalue weighted by molar-refractivity contribution is 0.181. The van der Waals surface area contributed by atoms with E-state index in [4.69, 9.17) is 4.74 Å². The number of ether oxygens (including phenoxy) is 1. The van der Waals surface area contributed by atoms with E-state index in [1.807, 2.05) is 0 Å². The SMILES string of the molecule is COCc1cc(=O)[nH]c(N2CCCNCC2)n1. The molecule has 0 bridgehead atoms. The van der Waals surface area contributed by atoms with Crippen molar-refractivity contribution < 1.29 is 4.74 Å². The van der Waals surface area contributed by atoms with E-state index >= 15 is 0 Å². The molecule has 1 fully saturated rings. The number of nitrogens with one attached hydrogen (secondary N) is 2. The van der Waals surface area contributed by atoms with E-state index in [2.05, 4.69) is 20.2 Å². The third-order valence-electron chi connectivity index (χ3n) is 2.71. The summed E-state index contributed by atoms with van der Waals surface area (Å²) in [5.41, 5.74) is 0.544. The van der Waals surface area contributed by atoms with Crippen LogP contribution in [0.1, 0.15) is 12.1 Å². The van der Waals surface area contributed by atoms with Crippen molar-refractivity contribution in [1.29, 1.82) is 0 Å². The van der Waals surface area contributed by atoms with Gasteiger partial charge in [-0.2, -0.15) is 0 Å².